The molecule has 2 N–H and O–H groups in total. The number of benzene rings is 1. The van der Waals surface area contributed by atoms with Gasteiger partial charge in [0, 0.05) is 25.6 Å². The number of morpholine rings is 1. The lowest BCUT2D eigenvalue weighted by Gasteiger charge is -2.23. The molecule has 0 saturated carbocycles. The molecule has 7 nitrogen and oxygen atoms in total. The molecule has 1 aliphatic heterocycles. The topological polar surface area (TPSA) is 85.9 Å². The van der Waals surface area contributed by atoms with Crippen LogP contribution >= 0.6 is 12.4 Å². The Labute approximate surface area is 160 Å². The highest BCUT2D eigenvalue weighted by Crippen LogP contribution is 2.12. The van der Waals surface area contributed by atoms with Crippen LogP contribution in [0.25, 0.3) is 0 Å². The minimum absolute atomic E-state index is 0. The van der Waals surface area contributed by atoms with Crippen LogP contribution < -0.4 is 15.4 Å². The molecule has 0 aromatic heterocycles. The van der Waals surface area contributed by atoms with Crippen molar-refractivity contribution in [3.63, 3.8) is 0 Å². The summed E-state index contributed by atoms with van der Waals surface area (Å²) in [6, 6.07) is 7.55. The molecule has 26 heavy (non-hydrogen) atoms. The fourth-order valence-corrected chi connectivity index (χ4v) is 2.49. The van der Waals surface area contributed by atoms with Gasteiger partial charge < -0.3 is 24.8 Å². The molecule has 0 radical (unpaired) electrons. The second-order valence-electron chi connectivity index (χ2n) is 5.77. The van der Waals surface area contributed by atoms with Gasteiger partial charge in [-0.15, -0.1) is 12.4 Å². The van der Waals surface area contributed by atoms with Crippen molar-refractivity contribution >= 4 is 24.3 Å². The SMILES string of the molecule is CCOC(=O)COc1ccc(CCNC(=O)CC2COCCN2)cc1.Cl. The number of rotatable bonds is 9. The van der Waals surface area contributed by atoms with Crippen molar-refractivity contribution in [3.8, 4) is 5.75 Å². The van der Waals surface area contributed by atoms with Gasteiger partial charge in [-0.05, 0) is 31.0 Å². The predicted octanol–water partition coefficient (Wildman–Crippen LogP) is 1.09. The van der Waals surface area contributed by atoms with Gasteiger partial charge in [0.1, 0.15) is 5.75 Å². The van der Waals surface area contributed by atoms with Crippen LogP contribution in [0.5, 0.6) is 5.75 Å². The third-order valence-corrected chi connectivity index (χ3v) is 3.75. The van der Waals surface area contributed by atoms with Crippen LogP contribution in [-0.2, 0) is 25.5 Å². The Balaban J connectivity index is 0.00000338. The Morgan fingerprint density at radius 2 is 2.08 bits per heavy atom. The van der Waals surface area contributed by atoms with Crippen molar-refractivity contribution < 1.29 is 23.8 Å². The molecule has 1 unspecified atom stereocenters. The second kappa shape index (κ2) is 12.5. The van der Waals surface area contributed by atoms with Gasteiger partial charge >= 0.3 is 5.97 Å². The Hall–Kier alpha value is -1.83. The van der Waals surface area contributed by atoms with Crippen molar-refractivity contribution in [2.24, 2.45) is 0 Å². The molecule has 146 valence electrons. The van der Waals surface area contributed by atoms with Crippen molar-refractivity contribution in [1.29, 1.82) is 0 Å². The molecule has 1 heterocycles. The van der Waals surface area contributed by atoms with E-state index in [9.17, 15) is 9.59 Å². The Kier molecular flexibility index (Phi) is 10.7. The first-order chi connectivity index (χ1) is 12.2. The van der Waals surface area contributed by atoms with Crippen molar-refractivity contribution in [2.75, 3.05) is 39.5 Å². The smallest absolute Gasteiger partial charge is 0.344 e. The maximum Gasteiger partial charge on any atom is 0.344 e. The van der Waals surface area contributed by atoms with E-state index in [0.717, 1.165) is 18.5 Å². The standard InChI is InChI=1S/C18H26N2O5.ClH/c1-2-24-18(22)13-25-16-5-3-14(4-6-16)7-8-20-17(21)11-15-12-23-10-9-19-15;/h3-6,15,19H,2,7-13H2,1H3,(H,20,21);1H. The van der Waals surface area contributed by atoms with Crippen molar-refractivity contribution in [3.05, 3.63) is 29.8 Å². The molecule has 1 saturated heterocycles. The minimum Gasteiger partial charge on any atom is -0.482 e. The van der Waals surface area contributed by atoms with Crippen LogP contribution in [0.15, 0.2) is 24.3 Å². The largest absolute Gasteiger partial charge is 0.482 e. The first kappa shape index (κ1) is 22.2. The number of hydrogen-bond acceptors (Lipinski definition) is 6. The summed E-state index contributed by atoms with van der Waals surface area (Å²) < 4.78 is 15.5. The van der Waals surface area contributed by atoms with Crippen molar-refractivity contribution in [2.45, 2.75) is 25.8 Å². The molecule has 0 aliphatic carbocycles. The van der Waals surface area contributed by atoms with Crippen LogP contribution in [0.1, 0.15) is 18.9 Å². The maximum absolute atomic E-state index is 11.9. The van der Waals surface area contributed by atoms with Crippen LogP contribution in [0, 0.1) is 0 Å². The van der Waals surface area contributed by atoms with Crippen LogP contribution in [-0.4, -0.2) is 57.4 Å². The Bertz CT molecular complexity index is 547. The second-order valence-corrected chi connectivity index (χ2v) is 5.77. The van der Waals surface area contributed by atoms with Gasteiger partial charge in [0.2, 0.25) is 5.91 Å². The minimum atomic E-state index is -0.382. The van der Waals surface area contributed by atoms with E-state index in [2.05, 4.69) is 10.6 Å². The monoisotopic (exact) mass is 386 g/mol. The zero-order valence-corrected chi connectivity index (χ0v) is 15.8. The zero-order valence-electron chi connectivity index (χ0n) is 15.0. The fourth-order valence-electron chi connectivity index (χ4n) is 2.49. The van der Waals surface area contributed by atoms with Crippen LogP contribution in [0.2, 0.25) is 0 Å². The van der Waals surface area contributed by atoms with Gasteiger partial charge in [-0.2, -0.15) is 0 Å². The lowest BCUT2D eigenvalue weighted by atomic mass is 10.1. The summed E-state index contributed by atoms with van der Waals surface area (Å²) in [5, 5.41) is 6.18. The third kappa shape index (κ3) is 8.51. The van der Waals surface area contributed by atoms with E-state index in [1.165, 1.54) is 0 Å². The summed E-state index contributed by atoms with van der Waals surface area (Å²) in [6.07, 6.45) is 1.17. The molecule has 1 fully saturated rings. The molecule has 1 aromatic rings. The van der Waals surface area contributed by atoms with Gasteiger partial charge in [-0.3, -0.25) is 4.79 Å². The highest BCUT2D eigenvalue weighted by Gasteiger charge is 2.16. The normalized spacial score (nSPS) is 16.3. The molecule has 1 atom stereocenters. The van der Waals surface area contributed by atoms with Crippen LogP contribution in [0.3, 0.4) is 0 Å². The molecule has 1 aliphatic rings. The number of esters is 1. The summed E-state index contributed by atoms with van der Waals surface area (Å²) in [7, 11) is 0. The number of halogens is 1. The van der Waals surface area contributed by atoms with Gasteiger partial charge in [0.25, 0.3) is 0 Å². The molecule has 8 heteroatoms. The quantitative estimate of drug-likeness (QED) is 0.618. The number of nitrogens with one attached hydrogen (secondary N) is 2. The van der Waals surface area contributed by atoms with Crippen LogP contribution in [0.4, 0.5) is 0 Å². The van der Waals surface area contributed by atoms with E-state index >= 15 is 0 Å². The highest BCUT2D eigenvalue weighted by atomic mass is 35.5. The number of hydrogen-bond donors (Lipinski definition) is 2. The van der Waals surface area contributed by atoms with E-state index in [-0.39, 0.29) is 36.9 Å². The molecular weight excluding hydrogens is 360 g/mol. The Morgan fingerprint density at radius 1 is 1.31 bits per heavy atom. The lowest BCUT2D eigenvalue weighted by Crippen LogP contribution is -2.44. The molecule has 1 aromatic carbocycles. The summed E-state index contributed by atoms with van der Waals surface area (Å²) in [6.45, 7) is 4.67. The average Bonchev–Trinajstić information content (AvgIpc) is 2.62. The Morgan fingerprint density at radius 3 is 2.73 bits per heavy atom. The average molecular weight is 387 g/mol. The number of amides is 1. The number of carbonyl (C=O) groups is 2. The van der Waals surface area contributed by atoms with Gasteiger partial charge in [-0.25, -0.2) is 4.79 Å². The predicted molar refractivity (Wildman–Crippen MR) is 99.8 cm³/mol. The van der Waals surface area contributed by atoms with E-state index in [1.54, 1.807) is 19.1 Å². The van der Waals surface area contributed by atoms with E-state index < -0.39 is 0 Å². The fraction of sp³-hybridized carbons (Fsp3) is 0.556. The first-order valence-corrected chi connectivity index (χ1v) is 8.62. The third-order valence-electron chi connectivity index (χ3n) is 3.75. The highest BCUT2D eigenvalue weighted by molar-refractivity contribution is 5.85. The summed E-state index contributed by atoms with van der Waals surface area (Å²) in [5.41, 5.74) is 1.09. The van der Waals surface area contributed by atoms with Gasteiger partial charge in [0.05, 0.1) is 19.8 Å². The van der Waals surface area contributed by atoms with E-state index in [1.807, 2.05) is 12.1 Å². The van der Waals surface area contributed by atoms with E-state index in [0.29, 0.717) is 38.5 Å². The molecule has 0 bridgehead atoms. The van der Waals surface area contributed by atoms with Crippen molar-refractivity contribution in [1.82, 2.24) is 10.6 Å². The summed E-state index contributed by atoms with van der Waals surface area (Å²) in [4.78, 5) is 23.1. The maximum atomic E-state index is 11.9. The van der Waals surface area contributed by atoms with Gasteiger partial charge in [0.15, 0.2) is 6.61 Å². The molecule has 2 rings (SSSR count). The van der Waals surface area contributed by atoms with E-state index in [4.69, 9.17) is 14.2 Å². The summed E-state index contributed by atoms with van der Waals surface area (Å²) in [5.74, 6) is 0.258. The molecule has 1 amide bonds. The number of carbonyl (C=O) groups excluding carboxylic acids is 2. The summed E-state index contributed by atoms with van der Waals surface area (Å²) >= 11 is 0. The number of ether oxygens (including phenoxy) is 3. The van der Waals surface area contributed by atoms with Gasteiger partial charge in [-0.1, -0.05) is 12.1 Å². The molecular formula is C18H27ClN2O5. The first-order valence-electron chi connectivity index (χ1n) is 8.62. The lowest BCUT2D eigenvalue weighted by molar-refractivity contribution is -0.145. The zero-order chi connectivity index (χ0) is 17.9. The molecule has 0 spiro atoms.